The maximum atomic E-state index is 12.3. The Morgan fingerprint density at radius 1 is 1.50 bits per heavy atom. The van der Waals surface area contributed by atoms with Crippen molar-refractivity contribution in [2.75, 3.05) is 18.6 Å². The van der Waals surface area contributed by atoms with Gasteiger partial charge in [0, 0.05) is 6.54 Å². The fourth-order valence-corrected chi connectivity index (χ4v) is 2.95. The van der Waals surface area contributed by atoms with Gasteiger partial charge in [0.15, 0.2) is 0 Å². The highest BCUT2D eigenvalue weighted by Crippen LogP contribution is 2.43. The molecule has 1 amide bonds. The summed E-state index contributed by atoms with van der Waals surface area (Å²) in [6.45, 7) is 0.764. The van der Waals surface area contributed by atoms with Gasteiger partial charge in [0.25, 0.3) is 0 Å². The van der Waals surface area contributed by atoms with Gasteiger partial charge in [-0.1, -0.05) is 18.2 Å². The monoisotopic (exact) mass is 245 g/mol. The zero-order valence-corrected chi connectivity index (χ0v) is 10.3. The Kier molecular flexibility index (Phi) is 2.58. The van der Waals surface area contributed by atoms with Crippen molar-refractivity contribution in [3.8, 4) is 0 Å². The first-order valence-corrected chi connectivity index (χ1v) is 6.22. The van der Waals surface area contributed by atoms with Crippen LogP contribution in [0.1, 0.15) is 29.9 Å². The SMILES string of the molecule is COC(=O)CC1C(=O)N2CCCc3cccc1c32. The van der Waals surface area contributed by atoms with Gasteiger partial charge in [0.05, 0.1) is 25.1 Å². The number of carbonyl (C=O) groups is 2. The van der Waals surface area contributed by atoms with Crippen molar-refractivity contribution < 1.29 is 14.3 Å². The summed E-state index contributed by atoms with van der Waals surface area (Å²) in [6.07, 6.45) is 2.15. The molecule has 1 aromatic rings. The van der Waals surface area contributed by atoms with Crippen LogP contribution in [0.5, 0.6) is 0 Å². The van der Waals surface area contributed by atoms with E-state index in [1.165, 1.54) is 12.7 Å². The molecule has 1 aromatic carbocycles. The van der Waals surface area contributed by atoms with Crippen molar-refractivity contribution in [1.82, 2.24) is 0 Å². The quantitative estimate of drug-likeness (QED) is 0.744. The van der Waals surface area contributed by atoms with Gasteiger partial charge in [0.1, 0.15) is 0 Å². The molecule has 94 valence electrons. The van der Waals surface area contributed by atoms with Gasteiger partial charge >= 0.3 is 5.97 Å². The first-order valence-electron chi connectivity index (χ1n) is 6.22. The minimum Gasteiger partial charge on any atom is -0.469 e. The fraction of sp³-hybridized carbons (Fsp3) is 0.429. The van der Waals surface area contributed by atoms with E-state index in [4.69, 9.17) is 0 Å². The third-order valence-electron chi connectivity index (χ3n) is 3.79. The maximum absolute atomic E-state index is 12.3. The van der Waals surface area contributed by atoms with Gasteiger partial charge in [-0.3, -0.25) is 9.59 Å². The van der Waals surface area contributed by atoms with E-state index >= 15 is 0 Å². The largest absolute Gasteiger partial charge is 0.469 e. The highest BCUT2D eigenvalue weighted by molar-refractivity contribution is 6.07. The molecule has 0 radical (unpaired) electrons. The minimum absolute atomic E-state index is 0.0440. The molecule has 0 saturated heterocycles. The van der Waals surface area contributed by atoms with Crippen molar-refractivity contribution in [3.63, 3.8) is 0 Å². The van der Waals surface area contributed by atoms with E-state index < -0.39 is 0 Å². The van der Waals surface area contributed by atoms with E-state index in [-0.39, 0.29) is 24.2 Å². The number of benzene rings is 1. The average molecular weight is 245 g/mol. The molecular weight excluding hydrogens is 230 g/mol. The summed E-state index contributed by atoms with van der Waals surface area (Å²) in [4.78, 5) is 25.6. The second kappa shape index (κ2) is 4.12. The van der Waals surface area contributed by atoms with Crippen LogP contribution in [0.25, 0.3) is 0 Å². The molecule has 18 heavy (non-hydrogen) atoms. The first-order chi connectivity index (χ1) is 8.72. The number of methoxy groups -OCH3 is 1. The number of rotatable bonds is 2. The molecular formula is C14H15NO3. The van der Waals surface area contributed by atoms with Crippen LogP contribution < -0.4 is 4.90 Å². The number of carbonyl (C=O) groups excluding carboxylic acids is 2. The minimum atomic E-state index is -0.356. The number of nitrogens with zero attached hydrogens (tertiary/aromatic N) is 1. The summed E-state index contributed by atoms with van der Waals surface area (Å²) in [7, 11) is 1.36. The molecule has 0 aromatic heterocycles. The number of para-hydroxylation sites is 1. The normalized spacial score (nSPS) is 20.8. The van der Waals surface area contributed by atoms with Crippen LogP contribution in [0.2, 0.25) is 0 Å². The smallest absolute Gasteiger partial charge is 0.306 e. The van der Waals surface area contributed by atoms with Gasteiger partial charge in [-0.25, -0.2) is 0 Å². The van der Waals surface area contributed by atoms with E-state index in [1.54, 1.807) is 0 Å². The number of amides is 1. The summed E-state index contributed by atoms with van der Waals surface area (Å²) in [5.74, 6) is -0.640. The molecule has 0 bridgehead atoms. The van der Waals surface area contributed by atoms with E-state index in [0.717, 1.165) is 30.6 Å². The number of ether oxygens (including phenoxy) is 1. The highest BCUT2D eigenvalue weighted by Gasteiger charge is 2.40. The Labute approximate surface area is 106 Å². The molecule has 3 rings (SSSR count). The highest BCUT2D eigenvalue weighted by atomic mass is 16.5. The van der Waals surface area contributed by atoms with Gasteiger partial charge in [-0.15, -0.1) is 0 Å². The van der Waals surface area contributed by atoms with Crippen LogP contribution >= 0.6 is 0 Å². The lowest BCUT2D eigenvalue weighted by Gasteiger charge is -2.25. The third kappa shape index (κ3) is 1.52. The van der Waals surface area contributed by atoms with Crippen molar-refractivity contribution in [3.05, 3.63) is 29.3 Å². The maximum Gasteiger partial charge on any atom is 0.306 e. The van der Waals surface area contributed by atoms with E-state index in [0.29, 0.717) is 0 Å². The van der Waals surface area contributed by atoms with Gasteiger partial charge in [0.2, 0.25) is 5.91 Å². The van der Waals surface area contributed by atoms with Crippen LogP contribution in [0.3, 0.4) is 0 Å². The Bertz CT molecular complexity index is 524. The molecule has 4 nitrogen and oxygen atoms in total. The fourth-order valence-electron chi connectivity index (χ4n) is 2.95. The molecule has 0 spiro atoms. The number of esters is 1. The van der Waals surface area contributed by atoms with Gasteiger partial charge in [-0.2, -0.15) is 0 Å². The van der Waals surface area contributed by atoms with E-state index in [1.807, 2.05) is 17.0 Å². The van der Waals surface area contributed by atoms with E-state index in [9.17, 15) is 9.59 Å². The van der Waals surface area contributed by atoms with Gasteiger partial charge in [-0.05, 0) is 24.0 Å². The molecule has 0 N–H and O–H groups in total. The molecule has 2 heterocycles. The van der Waals surface area contributed by atoms with E-state index in [2.05, 4.69) is 10.8 Å². The number of aryl methyl sites for hydroxylation is 1. The predicted octanol–water partition coefficient (Wildman–Crippen LogP) is 1.63. The zero-order valence-electron chi connectivity index (χ0n) is 10.3. The lowest BCUT2D eigenvalue weighted by molar-refractivity contribution is -0.142. The lowest BCUT2D eigenvalue weighted by Crippen LogP contribution is -2.33. The number of anilines is 1. The first kappa shape index (κ1) is 11.3. The Hall–Kier alpha value is -1.84. The van der Waals surface area contributed by atoms with Crippen LogP contribution in [-0.4, -0.2) is 25.5 Å². The zero-order chi connectivity index (χ0) is 12.7. The molecule has 0 fully saturated rings. The number of hydrogen-bond donors (Lipinski definition) is 0. The lowest BCUT2D eigenvalue weighted by atomic mass is 9.94. The molecule has 0 saturated carbocycles. The molecule has 2 aliphatic rings. The van der Waals surface area contributed by atoms with Crippen molar-refractivity contribution >= 4 is 17.6 Å². The third-order valence-corrected chi connectivity index (χ3v) is 3.79. The van der Waals surface area contributed by atoms with Crippen molar-refractivity contribution in [2.24, 2.45) is 0 Å². The summed E-state index contributed by atoms with van der Waals surface area (Å²) < 4.78 is 4.68. The van der Waals surface area contributed by atoms with Crippen LogP contribution in [-0.2, 0) is 20.7 Å². The summed E-state index contributed by atoms with van der Waals surface area (Å²) >= 11 is 0. The molecule has 0 aliphatic carbocycles. The van der Waals surface area contributed by atoms with Crippen molar-refractivity contribution in [1.29, 1.82) is 0 Å². The molecule has 1 unspecified atom stereocenters. The van der Waals surface area contributed by atoms with Crippen LogP contribution in [0.15, 0.2) is 18.2 Å². The second-order valence-corrected chi connectivity index (χ2v) is 4.78. The standard InChI is InChI=1S/C14H15NO3/c1-18-12(16)8-11-10-6-2-4-9-5-3-7-15(13(9)10)14(11)17/h2,4,6,11H,3,5,7-8H2,1H3. The summed E-state index contributed by atoms with van der Waals surface area (Å²) in [5.41, 5.74) is 3.25. The summed E-state index contributed by atoms with van der Waals surface area (Å²) in [5, 5.41) is 0. The van der Waals surface area contributed by atoms with Crippen LogP contribution in [0, 0.1) is 0 Å². The molecule has 1 atom stereocenters. The Morgan fingerprint density at radius 2 is 2.33 bits per heavy atom. The summed E-state index contributed by atoms with van der Waals surface area (Å²) in [6, 6.07) is 6.00. The molecule has 2 aliphatic heterocycles. The Balaban J connectivity index is 2.03. The van der Waals surface area contributed by atoms with Crippen molar-refractivity contribution in [2.45, 2.75) is 25.2 Å². The number of hydrogen-bond acceptors (Lipinski definition) is 3. The Morgan fingerprint density at radius 3 is 3.11 bits per heavy atom. The predicted molar refractivity (Wildman–Crippen MR) is 66.5 cm³/mol. The van der Waals surface area contributed by atoms with Gasteiger partial charge < -0.3 is 9.64 Å². The second-order valence-electron chi connectivity index (χ2n) is 4.78. The molecule has 4 heteroatoms. The topological polar surface area (TPSA) is 46.6 Å². The average Bonchev–Trinajstić information content (AvgIpc) is 2.67. The van der Waals surface area contributed by atoms with Crippen LogP contribution in [0.4, 0.5) is 5.69 Å².